The minimum Gasteiger partial charge on any atom is -0.385 e. The van der Waals surface area contributed by atoms with Crippen molar-refractivity contribution in [1.82, 2.24) is 24.8 Å². The number of ether oxygens (including phenoxy) is 1. The third-order valence-corrected chi connectivity index (χ3v) is 4.44. The second-order valence-corrected chi connectivity index (χ2v) is 6.36. The topological polar surface area (TPSA) is 74.8 Å². The van der Waals surface area contributed by atoms with Crippen LogP contribution in [0.3, 0.4) is 0 Å². The number of halogens is 1. The van der Waals surface area contributed by atoms with Crippen LogP contribution in [0.1, 0.15) is 28.2 Å². The van der Waals surface area contributed by atoms with Crippen molar-refractivity contribution in [3.63, 3.8) is 0 Å². The number of carbonyl (C=O) groups is 1. The highest BCUT2D eigenvalue weighted by molar-refractivity contribution is 5.97. The Hall–Kier alpha value is -2.87. The second kappa shape index (κ2) is 8.22. The highest BCUT2D eigenvalue weighted by Gasteiger charge is 2.17. The maximum Gasteiger partial charge on any atom is 0.204 e. The monoisotopic (exact) mass is 371 g/mol. The van der Waals surface area contributed by atoms with Gasteiger partial charge in [0.2, 0.25) is 5.82 Å². The fourth-order valence-corrected chi connectivity index (χ4v) is 3.03. The van der Waals surface area contributed by atoms with Crippen molar-refractivity contribution in [3.8, 4) is 11.4 Å². The third kappa shape index (κ3) is 4.28. The van der Waals surface area contributed by atoms with Gasteiger partial charge in [0.25, 0.3) is 0 Å². The number of hydrogen-bond acceptors (Lipinski definition) is 5. The van der Waals surface area contributed by atoms with Crippen molar-refractivity contribution in [2.45, 2.75) is 33.4 Å². The van der Waals surface area contributed by atoms with Crippen molar-refractivity contribution in [3.05, 3.63) is 53.1 Å². The van der Waals surface area contributed by atoms with Crippen molar-refractivity contribution in [2.24, 2.45) is 0 Å². The first kappa shape index (κ1) is 18.9. The minimum atomic E-state index is -0.331. The number of tetrazole rings is 1. The number of benzene rings is 1. The molecule has 0 saturated carbocycles. The van der Waals surface area contributed by atoms with Crippen LogP contribution in [0, 0.1) is 19.7 Å². The minimum absolute atomic E-state index is 0.00341. The number of carbonyl (C=O) groups excluding carboxylic acids is 1. The summed E-state index contributed by atoms with van der Waals surface area (Å²) >= 11 is 0. The average molecular weight is 371 g/mol. The SMILES string of the molecule is COCCCn1c(C)cc(C(=O)Cn2nnc(-c3ccc(F)cc3)n2)c1C. The van der Waals surface area contributed by atoms with Crippen LogP contribution in [0.15, 0.2) is 30.3 Å². The van der Waals surface area contributed by atoms with Crippen LogP contribution in [0.5, 0.6) is 0 Å². The summed E-state index contributed by atoms with van der Waals surface area (Å²) in [6.07, 6.45) is 0.881. The lowest BCUT2D eigenvalue weighted by atomic mass is 10.1. The maximum atomic E-state index is 13.0. The molecule has 1 aromatic carbocycles. The van der Waals surface area contributed by atoms with Gasteiger partial charge < -0.3 is 9.30 Å². The Kier molecular flexibility index (Phi) is 5.75. The van der Waals surface area contributed by atoms with Gasteiger partial charge >= 0.3 is 0 Å². The summed E-state index contributed by atoms with van der Waals surface area (Å²) in [6, 6.07) is 7.71. The lowest BCUT2D eigenvalue weighted by Crippen LogP contribution is -2.14. The summed E-state index contributed by atoms with van der Waals surface area (Å²) in [7, 11) is 1.68. The summed E-state index contributed by atoms with van der Waals surface area (Å²) in [6.45, 7) is 5.39. The van der Waals surface area contributed by atoms with Gasteiger partial charge in [0, 0.05) is 42.8 Å². The molecule has 0 aliphatic heterocycles. The molecular weight excluding hydrogens is 349 g/mol. The van der Waals surface area contributed by atoms with Crippen molar-refractivity contribution < 1.29 is 13.9 Å². The standard InChI is InChI=1S/C19H22FN5O2/c1-13-11-17(14(2)24(13)9-4-10-27-3)18(26)12-25-22-19(21-23-25)15-5-7-16(20)8-6-15/h5-8,11H,4,9-10,12H2,1-3H3. The van der Waals surface area contributed by atoms with Crippen LogP contribution in [-0.4, -0.2) is 44.3 Å². The van der Waals surface area contributed by atoms with Gasteiger partial charge in [0.05, 0.1) is 0 Å². The molecule has 0 aliphatic rings. The molecule has 0 aliphatic carbocycles. The third-order valence-electron chi connectivity index (χ3n) is 4.44. The number of rotatable bonds is 8. The number of aryl methyl sites for hydroxylation is 1. The van der Waals surface area contributed by atoms with Gasteiger partial charge in [-0.2, -0.15) is 4.80 Å². The van der Waals surface area contributed by atoms with E-state index in [1.807, 2.05) is 19.9 Å². The molecule has 0 unspecified atom stereocenters. The highest BCUT2D eigenvalue weighted by Crippen LogP contribution is 2.18. The molecular formula is C19H22FN5O2. The maximum absolute atomic E-state index is 13.0. The van der Waals surface area contributed by atoms with Crippen LogP contribution in [-0.2, 0) is 17.8 Å². The van der Waals surface area contributed by atoms with Gasteiger partial charge in [0.15, 0.2) is 5.78 Å². The van der Waals surface area contributed by atoms with Crippen LogP contribution >= 0.6 is 0 Å². The van der Waals surface area contributed by atoms with E-state index in [1.54, 1.807) is 19.2 Å². The molecule has 7 nitrogen and oxygen atoms in total. The van der Waals surface area contributed by atoms with E-state index in [0.717, 1.165) is 24.4 Å². The van der Waals surface area contributed by atoms with Gasteiger partial charge in [-0.05, 0) is 55.8 Å². The molecule has 0 amide bonds. The van der Waals surface area contributed by atoms with E-state index in [-0.39, 0.29) is 18.1 Å². The molecule has 2 aromatic heterocycles. The van der Waals surface area contributed by atoms with E-state index in [9.17, 15) is 9.18 Å². The molecule has 0 saturated heterocycles. The van der Waals surface area contributed by atoms with Gasteiger partial charge in [-0.25, -0.2) is 4.39 Å². The van der Waals surface area contributed by atoms with Crippen LogP contribution in [0.2, 0.25) is 0 Å². The summed E-state index contributed by atoms with van der Waals surface area (Å²) in [5, 5.41) is 12.1. The largest absolute Gasteiger partial charge is 0.385 e. The molecule has 0 radical (unpaired) electrons. The lowest BCUT2D eigenvalue weighted by Gasteiger charge is -2.09. The van der Waals surface area contributed by atoms with Gasteiger partial charge in [-0.1, -0.05) is 0 Å². The number of Topliss-reactive ketones (excluding diaryl/α,β-unsaturated/α-hetero) is 1. The Morgan fingerprint density at radius 1 is 1.22 bits per heavy atom. The Bertz CT molecular complexity index is 930. The Labute approximate surface area is 156 Å². The number of nitrogens with zero attached hydrogens (tertiary/aromatic N) is 5. The number of hydrogen-bond donors (Lipinski definition) is 0. The zero-order valence-electron chi connectivity index (χ0n) is 15.6. The molecule has 0 N–H and O–H groups in total. The highest BCUT2D eigenvalue weighted by atomic mass is 19.1. The predicted octanol–water partition coefficient (Wildman–Crippen LogP) is 2.82. The zero-order valence-corrected chi connectivity index (χ0v) is 15.6. The molecule has 3 rings (SSSR count). The molecule has 0 atom stereocenters. The first-order chi connectivity index (χ1) is 13.0. The van der Waals surface area contributed by atoms with Crippen LogP contribution in [0.4, 0.5) is 4.39 Å². The average Bonchev–Trinajstić information content (AvgIpc) is 3.22. The van der Waals surface area contributed by atoms with Gasteiger partial charge in [0.1, 0.15) is 12.4 Å². The van der Waals surface area contributed by atoms with Crippen molar-refractivity contribution in [2.75, 3.05) is 13.7 Å². The summed E-state index contributed by atoms with van der Waals surface area (Å²) in [4.78, 5) is 14.0. The first-order valence-corrected chi connectivity index (χ1v) is 8.72. The number of ketones is 1. The van der Waals surface area contributed by atoms with E-state index >= 15 is 0 Å². The number of aromatic nitrogens is 5. The molecule has 0 spiro atoms. The molecule has 0 fully saturated rings. The normalized spacial score (nSPS) is 11.1. The molecule has 2 heterocycles. The van der Waals surface area contributed by atoms with Gasteiger partial charge in [-0.3, -0.25) is 4.79 Å². The Balaban J connectivity index is 1.72. The van der Waals surface area contributed by atoms with E-state index < -0.39 is 0 Å². The van der Waals surface area contributed by atoms with Crippen LogP contribution in [0.25, 0.3) is 11.4 Å². The van der Waals surface area contributed by atoms with E-state index in [4.69, 9.17) is 4.74 Å². The van der Waals surface area contributed by atoms with E-state index in [1.165, 1.54) is 16.9 Å². The second-order valence-electron chi connectivity index (χ2n) is 6.36. The van der Waals surface area contributed by atoms with Gasteiger partial charge in [-0.15, -0.1) is 10.2 Å². The van der Waals surface area contributed by atoms with Crippen molar-refractivity contribution >= 4 is 5.78 Å². The summed E-state index contributed by atoms with van der Waals surface area (Å²) in [5.41, 5.74) is 3.26. The smallest absolute Gasteiger partial charge is 0.204 e. The molecule has 3 aromatic rings. The predicted molar refractivity (Wildman–Crippen MR) is 97.9 cm³/mol. The molecule has 8 heteroatoms. The quantitative estimate of drug-likeness (QED) is 0.450. The van der Waals surface area contributed by atoms with E-state index in [0.29, 0.717) is 23.6 Å². The first-order valence-electron chi connectivity index (χ1n) is 8.72. The Morgan fingerprint density at radius 2 is 1.96 bits per heavy atom. The molecule has 142 valence electrons. The summed E-state index contributed by atoms with van der Waals surface area (Å²) < 4.78 is 20.2. The fourth-order valence-electron chi connectivity index (χ4n) is 3.03. The van der Waals surface area contributed by atoms with E-state index in [2.05, 4.69) is 20.0 Å². The zero-order chi connectivity index (χ0) is 19.4. The molecule has 0 bridgehead atoms. The summed E-state index contributed by atoms with van der Waals surface area (Å²) in [5.74, 6) is -0.0563. The fraction of sp³-hybridized carbons (Fsp3) is 0.368. The van der Waals surface area contributed by atoms with Crippen LogP contribution < -0.4 is 0 Å². The number of methoxy groups -OCH3 is 1. The molecule has 27 heavy (non-hydrogen) atoms. The van der Waals surface area contributed by atoms with Crippen molar-refractivity contribution in [1.29, 1.82) is 0 Å². The Morgan fingerprint density at radius 3 is 2.67 bits per heavy atom. The lowest BCUT2D eigenvalue weighted by molar-refractivity contribution is 0.0960.